The number of benzene rings is 2. The van der Waals surface area contributed by atoms with Crippen molar-refractivity contribution in [2.75, 3.05) is 6.54 Å². The Labute approximate surface area is 135 Å². The summed E-state index contributed by atoms with van der Waals surface area (Å²) in [5, 5.41) is 5.69. The Morgan fingerprint density at radius 2 is 1.83 bits per heavy atom. The maximum absolute atomic E-state index is 12.1. The van der Waals surface area contributed by atoms with Crippen molar-refractivity contribution in [1.29, 1.82) is 0 Å². The molecule has 2 aromatic rings. The summed E-state index contributed by atoms with van der Waals surface area (Å²) in [5.74, 6) is -0.376. The van der Waals surface area contributed by atoms with Gasteiger partial charge in [-0.3, -0.25) is 9.59 Å². The zero-order chi connectivity index (χ0) is 16.2. The summed E-state index contributed by atoms with van der Waals surface area (Å²) in [7, 11) is 0. The van der Waals surface area contributed by atoms with Gasteiger partial charge in [0.25, 0.3) is 5.91 Å². The predicted molar refractivity (Wildman–Crippen MR) is 89.2 cm³/mol. The molecule has 4 nitrogen and oxygen atoms in total. The summed E-state index contributed by atoms with van der Waals surface area (Å²) >= 11 is 0. The molecule has 0 aliphatic heterocycles. The van der Waals surface area contributed by atoms with Crippen molar-refractivity contribution in [1.82, 2.24) is 10.6 Å². The largest absolute Gasteiger partial charge is 0.348 e. The molecule has 1 atom stereocenters. The molecule has 0 saturated heterocycles. The van der Waals surface area contributed by atoms with Crippen LogP contribution in [0.15, 0.2) is 48.5 Å². The van der Waals surface area contributed by atoms with Crippen molar-refractivity contribution in [3.8, 4) is 0 Å². The monoisotopic (exact) mass is 308 g/mol. The number of aryl methyl sites for hydroxylation is 2. The number of hydrogen-bond acceptors (Lipinski definition) is 2. The molecule has 1 aliphatic rings. The second-order valence-electron chi connectivity index (χ2n) is 5.86. The van der Waals surface area contributed by atoms with Crippen LogP contribution in [-0.2, 0) is 11.2 Å². The van der Waals surface area contributed by atoms with Gasteiger partial charge in [0.1, 0.15) is 0 Å². The smallest absolute Gasteiger partial charge is 0.251 e. The molecular formula is C19H20N2O2. The minimum Gasteiger partial charge on any atom is -0.348 e. The normalized spacial score (nSPS) is 15.8. The molecule has 0 heterocycles. The Bertz CT molecular complexity index is 740. The number of fused-ring (bicyclic) bond motifs is 1. The Kier molecular flexibility index (Phi) is 4.42. The highest BCUT2D eigenvalue weighted by Crippen LogP contribution is 2.30. The van der Waals surface area contributed by atoms with E-state index in [9.17, 15) is 9.59 Å². The van der Waals surface area contributed by atoms with Crippen molar-refractivity contribution in [3.63, 3.8) is 0 Å². The topological polar surface area (TPSA) is 58.2 Å². The lowest BCUT2D eigenvalue weighted by molar-refractivity contribution is -0.120. The molecule has 0 saturated carbocycles. The third kappa shape index (κ3) is 3.42. The maximum atomic E-state index is 12.1. The lowest BCUT2D eigenvalue weighted by atomic mass is 10.1. The van der Waals surface area contributed by atoms with Crippen LogP contribution in [0.5, 0.6) is 0 Å². The van der Waals surface area contributed by atoms with Gasteiger partial charge in [-0.15, -0.1) is 0 Å². The zero-order valence-electron chi connectivity index (χ0n) is 13.1. The molecule has 2 aromatic carbocycles. The van der Waals surface area contributed by atoms with Gasteiger partial charge in [-0.25, -0.2) is 0 Å². The minimum atomic E-state index is -0.218. The van der Waals surface area contributed by atoms with E-state index >= 15 is 0 Å². The molecule has 0 aromatic heterocycles. The van der Waals surface area contributed by atoms with Gasteiger partial charge >= 0.3 is 0 Å². The molecule has 2 N–H and O–H groups in total. The van der Waals surface area contributed by atoms with Crippen LogP contribution in [0.25, 0.3) is 0 Å². The van der Waals surface area contributed by atoms with Gasteiger partial charge in [0.05, 0.1) is 12.6 Å². The quantitative estimate of drug-likeness (QED) is 0.912. The molecule has 23 heavy (non-hydrogen) atoms. The average molecular weight is 308 g/mol. The minimum absolute atomic E-state index is 0.00810. The standard InChI is InChI=1S/C19H20N2O2/c1-13-6-2-4-8-15(13)19(23)20-12-18(22)21-17-11-10-14-7-3-5-9-16(14)17/h2-9,17H,10-12H2,1H3,(H,20,23)(H,21,22). The lowest BCUT2D eigenvalue weighted by Gasteiger charge is -2.14. The third-order valence-electron chi connectivity index (χ3n) is 4.27. The highest BCUT2D eigenvalue weighted by molar-refractivity contribution is 5.97. The molecule has 4 heteroatoms. The van der Waals surface area contributed by atoms with Gasteiger partial charge in [-0.05, 0) is 42.5 Å². The molecule has 1 unspecified atom stereocenters. The van der Waals surface area contributed by atoms with E-state index < -0.39 is 0 Å². The van der Waals surface area contributed by atoms with Crippen LogP contribution in [0.3, 0.4) is 0 Å². The summed E-state index contributed by atoms with van der Waals surface area (Å²) in [5.41, 5.74) is 3.98. The number of carbonyl (C=O) groups excluding carboxylic acids is 2. The van der Waals surface area contributed by atoms with Gasteiger partial charge in [-0.1, -0.05) is 42.5 Å². The molecule has 3 rings (SSSR count). The van der Waals surface area contributed by atoms with Crippen LogP contribution in [0, 0.1) is 6.92 Å². The molecule has 1 aliphatic carbocycles. The zero-order valence-corrected chi connectivity index (χ0v) is 13.1. The number of nitrogens with one attached hydrogen (secondary N) is 2. The summed E-state index contributed by atoms with van der Waals surface area (Å²) in [6.45, 7) is 1.87. The van der Waals surface area contributed by atoms with Crippen molar-refractivity contribution < 1.29 is 9.59 Å². The van der Waals surface area contributed by atoms with Crippen molar-refractivity contribution >= 4 is 11.8 Å². The fourth-order valence-corrected chi connectivity index (χ4v) is 3.04. The third-order valence-corrected chi connectivity index (χ3v) is 4.27. The van der Waals surface area contributed by atoms with Gasteiger partial charge in [-0.2, -0.15) is 0 Å². The van der Waals surface area contributed by atoms with Crippen LogP contribution in [0.1, 0.15) is 39.5 Å². The van der Waals surface area contributed by atoms with Crippen LogP contribution in [0.4, 0.5) is 0 Å². The van der Waals surface area contributed by atoms with E-state index in [0.717, 1.165) is 18.4 Å². The fraction of sp³-hybridized carbons (Fsp3) is 0.263. The van der Waals surface area contributed by atoms with E-state index in [1.54, 1.807) is 6.07 Å². The molecule has 0 bridgehead atoms. The van der Waals surface area contributed by atoms with Crippen LogP contribution < -0.4 is 10.6 Å². The summed E-state index contributed by atoms with van der Waals surface area (Å²) in [6.07, 6.45) is 1.90. The molecular weight excluding hydrogens is 288 g/mol. The van der Waals surface area contributed by atoms with E-state index in [2.05, 4.69) is 22.8 Å². The van der Waals surface area contributed by atoms with Crippen LogP contribution in [-0.4, -0.2) is 18.4 Å². The molecule has 0 fully saturated rings. The Balaban J connectivity index is 1.55. The van der Waals surface area contributed by atoms with Crippen molar-refractivity contribution in [2.45, 2.75) is 25.8 Å². The first-order valence-electron chi connectivity index (χ1n) is 7.86. The first-order valence-corrected chi connectivity index (χ1v) is 7.86. The second-order valence-corrected chi connectivity index (χ2v) is 5.86. The Morgan fingerprint density at radius 1 is 1.09 bits per heavy atom. The van der Waals surface area contributed by atoms with E-state index in [1.807, 2.05) is 37.3 Å². The summed E-state index contributed by atoms with van der Waals surface area (Å²) in [4.78, 5) is 24.2. The molecule has 118 valence electrons. The predicted octanol–water partition coefficient (Wildman–Crippen LogP) is 2.53. The second kappa shape index (κ2) is 6.65. The SMILES string of the molecule is Cc1ccccc1C(=O)NCC(=O)NC1CCc2ccccc21. The summed E-state index contributed by atoms with van der Waals surface area (Å²) < 4.78 is 0. The molecule has 2 amide bonds. The number of hydrogen-bond donors (Lipinski definition) is 2. The van der Waals surface area contributed by atoms with Crippen molar-refractivity contribution in [2.24, 2.45) is 0 Å². The average Bonchev–Trinajstić information content (AvgIpc) is 2.96. The number of rotatable bonds is 4. The fourth-order valence-electron chi connectivity index (χ4n) is 3.04. The number of amides is 2. The maximum Gasteiger partial charge on any atom is 0.251 e. The van der Waals surface area contributed by atoms with Crippen LogP contribution in [0.2, 0.25) is 0 Å². The highest BCUT2D eigenvalue weighted by atomic mass is 16.2. The summed E-state index contributed by atoms with van der Waals surface area (Å²) in [6, 6.07) is 15.6. The number of carbonyl (C=O) groups is 2. The van der Waals surface area contributed by atoms with E-state index in [4.69, 9.17) is 0 Å². The first-order chi connectivity index (χ1) is 11.1. The lowest BCUT2D eigenvalue weighted by Crippen LogP contribution is -2.38. The van der Waals surface area contributed by atoms with Gasteiger partial charge in [0, 0.05) is 5.56 Å². The van der Waals surface area contributed by atoms with Crippen LogP contribution >= 0.6 is 0 Å². The van der Waals surface area contributed by atoms with Gasteiger partial charge in [0.15, 0.2) is 0 Å². The van der Waals surface area contributed by atoms with Gasteiger partial charge < -0.3 is 10.6 Å². The van der Waals surface area contributed by atoms with E-state index in [-0.39, 0.29) is 24.4 Å². The molecule has 0 radical (unpaired) electrons. The van der Waals surface area contributed by atoms with Crippen molar-refractivity contribution in [3.05, 3.63) is 70.8 Å². The van der Waals surface area contributed by atoms with E-state index in [0.29, 0.717) is 5.56 Å². The first kappa shape index (κ1) is 15.3. The van der Waals surface area contributed by atoms with Gasteiger partial charge in [0.2, 0.25) is 5.91 Å². The highest BCUT2D eigenvalue weighted by Gasteiger charge is 2.23. The molecule has 0 spiro atoms. The Hall–Kier alpha value is -2.62. The van der Waals surface area contributed by atoms with E-state index in [1.165, 1.54) is 11.1 Å². The Morgan fingerprint density at radius 3 is 2.65 bits per heavy atom.